The van der Waals surface area contributed by atoms with Gasteiger partial charge in [-0.05, 0) is 89.0 Å². The highest BCUT2D eigenvalue weighted by molar-refractivity contribution is 5.94. The van der Waals surface area contributed by atoms with E-state index in [0.717, 1.165) is 89.0 Å². The van der Waals surface area contributed by atoms with E-state index in [9.17, 15) is 15.3 Å². The van der Waals surface area contributed by atoms with E-state index in [4.69, 9.17) is 15.2 Å². The molecule has 8 heteroatoms. The summed E-state index contributed by atoms with van der Waals surface area (Å²) in [7, 11) is 0. The Balaban J connectivity index is 1.23. The minimum atomic E-state index is -1.64. The topological polar surface area (TPSA) is 109 Å². The molecule has 46 heavy (non-hydrogen) atoms. The molecule has 2 bridgehead atoms. The molecule has 3 aliphatic rings. The Morgan fingerprint density at radius 3 is 2.20 bits per heavy atom. The van der Waals surface area contributed by atoms with E-state index in [1.54, 1.807) is 6.92 Å². The molecule has 8 rings (SSSR count). The summed E-state index contributed by atoms with van der Waals surface area (Å²) in [6, 6.07) is 20.2. The van der Waals surface area contributed by atoms with Crippen LogP contribution >= 0.6 is 0 Å². The fourth-order valence-electron chi connectivity index (χ4n) is 8.34. The molecule has 3 fully saturated rings. The monoisotopic (exact) mass is 619 g/mol. The number of nitrogens with zero attached hydrogens (tertiary/aromatic N) is 5. The lowest BCUT2D eigenvalue weighted by molar-refractivity contribution is -0.257. The molecule has 3 aliphatic carbocycles. The van der Waals surface area contributed by atoms with Crippen LogP contribution in [0.2, 0.25) is 0 Å². The highest BCUT2D eigenvalue weighted by atomic mass is 16.5. The van der Waals surface area contributed by atoms with Gasteiger partial charge in [0.05, 0.1) is 35.2 Å². The highest BCUT2D eigenvalue weighted by Crippen LogP contribution is 2.60. The predicted molar refractivity (Wildman–Crippen MR) is 180 cm³/mol. The number of hydrogen-bond acceptors (Lipinski definition) is 6. The number of pyridine rings is 1. The van der Waals surface area contributed by atoms with Gasteiger partial charge in [-0.3, -0.25) is 9.67 Å². The SMILES string of the molecule is Cc1nc(C23CCC(C(C)(O)O)(CC2)CC3)ccc1-n1nc(-c2cccc3nn(CC(O)c4ccccc4)cc23)c(C(C)C)c1C. The molecule has 0 amide bonds. The van der Waals surface area contributed by atoms with Crippen molar-refractivity contribution in [3.05, 3.63) is 95.1 Å². The third-order valence-electron chi connectivity index (χ3n) is 11.2. The van der Waals surface area contributed by atoms with Gasteiger partial charge in [-0.2, -0.15) is 10.2 Å². The number of aromatic nitrogens is 5. The summed E-state index contributed by atoms with van der Waals surface area (Å²) in [5.74, 6) is -1.39. The van der Waals surface area contributed by atoms with Crippen LogP contribution in [-0.2, 0) is 12.0 Å². The summed E-state index contributed by atoms with van der Waals surface area (Å²) in [5, 5.41) is 43.0. The molecular weight excluding hydrogens is 574 g/mol. The molecule has 5 aromatic rings. The smallest absolute Gasteiger partial charge is 0.165 e. The Morgan fingerprint density at radius 2 is 1.57 bits per heavy atom. The number of hydrogen-bond donors (Lipinski definition) is 3. The normalized spacial score (nSPS) is 22.2. The summed E-state index contributed by atoms with van der Waals surface area (Å²) >= 11 is 0. The van der Waals surface area contributed by atoms with Gasteiger partial charge in [0.1, 0.15) is 0 Å². The Morgan fingerprint density at radius 1 is 0.870 bits per heavy atom. The number of aryl methyl sites for hydroxylation is 1. The van der Waals surface area contributed by atoms with Gasteiger partial charge < -0.3 is 15.3 Å². The van der Waals surface area contributed by atoms with Gasteiger partial charge in [0.15, 0.2) is 5.79 Å². The van der Waals surface area contributed by atoms with Crippen molar-refractivity contribution < 1.29 is 15.3 Å². The van der Waals surface area contributed by atoms with Crippen molar-refractivity contribution in [2.45, 2.75) is 103 Å². The average Bonchev–Trinajstić information content (AvgIpc) is 3.62. The fourth-order valence-corrected chi connectivity index (χ4v) is 8.34. The van der Waals surface area contributed by atoms with Gasteiger partial charge in [-0.15, -0.1) is 0 Å². The Kier molecular flexibility index (Phi) is 7.46. The van der Waals surface area contributed by atoms with E-state index in [1.165, 1.54) is 5.56 Å². The quantitative estimate of drug-likeness (QED) is 0.161. The van der Waals surface area contributed by atoms with Crippen LogP contribution in [0.3, 0.4) is 0 Å². The molecule has 3 heterocycles. The van der Waals surface area contributed by atoms with Crippen LogP contribution < -0.4 is 0 Å². The summed E-state index contributed by atoms with van der Waals surface area (Å²) in [6.07, 6.45) is 6.59. The molecule has 0 saturated heterocycles. The summed E-state index contributed by atoms with van der Waals surface area (Å²) in [6.45, 7) is 10.5. The molecule has 3 saturated carbocycles. The van der Waals surface area contributed by atoms with Crippen LogP contribution in [0.15, 0.2) is 66.9 Å². The zero-order chi connectivity index (χ0) is 32.4. The van der Waals surface area contributed by atoms with Crippen molar-refractivity contribution in [3.63, 3.8) is 0 Å². The molecule has 240 valence electrons. The molecule has 3 aromatic heterocycles. The van der Waals surface area contributed by atoms with Gasteiger partial charge in [-0.1, -0.05) is 56.3 Å². The van der Waals surface area contributed by atoms with Crippen LogP contribution in [-0.4, -0.2) is 45.7 Å². The van der Waals surface area contributed by atoms with Crippen molar-refractivity contribution in [1.82, 2.24) is 24.5 Å². The summed E-state index contributed by atoms with van der Waals surface area (Å²) < 4.78 is 3.88. The second-order valence-corrected chi connectivity index (χ2v) is 14.3. The third-order valence-corrected chi connectivity index (χ3v) is 11.2. The molecular formula is C38H45N5O3. The van der Waals surface area contributed by atoms with Crippen LogP contribution in [0, 0.1) is 19.3 Å². The first-order valence-corrected chi connectivity index (χ1v) is 16.6. The second kappa shape index (κ2) is 11.1. The molecule has 1 atom stereocenters. The van der Waals surface area contributed by atoms with Gasteiger partial charge in [-0.25, -0.2) is 4.68 Å². The first-order valence-electron chi connectivity index (χ1n) is 16.6. The number of fused-ring (bicyclic) bond motifs is 4. The maximum atomic E-state index is 10.9. The van der Waals surface area contributed by atoms with Crippen LogP contribution in [0.1, 0.15) is 99.5 Å². The van der Waals surface area contributed by atoms with Crippen LogP contribution in [0.5, 0.6) is 0 Å². The standard InChI is InChI=1S/C38H45N5O3/c1-24(2)34-26(4)43(31-14-15-33(39-25(31)3)37-16-19-38(20-17-37,21-18-37)36(5,45)46)41-35(34)28-12-9-13-30-29(28)22-42(40-30)23-32(44)27-10-7-6-8-11-27/h6-15,22,24,32,44-46H,16-21,23H2,1-5H3. The first-order chi connectivity index (χ1) is 21.9. The van der Waals surface area contributed by atoms with Gasteiger partial charge in [0.2, 0.25) is 0 Å². The lowest BCUT2D eigenvalue weighted by atomic mass is 9.50. The van der Waals surface area contributed by atoms with Crippen molar-refractivity contribution in [2.24, 2.45) is 5.41 Å². The lowest BCUT2D eigenvalue weighted by Crippen LogP contribution is -2.55. The zero-order valence-corrected chi connectivity index (χ0v) is 27.5. The number of rotatable bonds is 8. The van der Waals surface area contributed by atoms with Crippen molar-refractivity contribution in [2.75, 3.05) is 0 Å². The number of aliphatic hydroxyl groups is 3. The minimum absolute atomic E-state index is 0.00636. The minimum Gasteiger partial charge on any atom is -0.386 e. The molecule has 0 spiro atoms. The fraction of sp³-hybridized carbons (Fsp3) is 0.447. The Labute approximate surface area is 270 Å². The van der Waals surface area contributed by atoms with Gasteiger partial charge in [0.25, 0.3) is 0 Å². The Hall–Kier alpha value is -3.85. The number of benzene rings is 2. The highest BCUT2D eigenvalue weighted by Gasteiger charge is 2.56. The van der Waals surface area contributed by atoms with Crippen molar-refractivity contribution in [1.29, 1.82) is 0 Å². The third kappa shape index (κ3) is 4.98. The number of aliphatic hydroxyl groups excluding tert-OH is 1. The zero-order valence-electron chi connectivity index (χ0n) is 27.5. The molecule has 0 aliphatic heterocycles. The first kappa shape index (κ1) is 30.8. The maximum absolute atomic E-state index is 10.9. The van der Waals surface area contributed by atoms with Crippen molar-refractivity contribution >= 4 is 10.9 Å². The molecule has 0 radical (unpaired) electrons. The molecule has 1 unspecified atom stereocenters. The molecule has 3 N–H and O–H groups in total. The molecule has 8 nitrogen and oxygen atoms in total. The lowest BCUT2D eigenvalue weighted by Gasteiger charge is -2.56. The predicted octanol–water partition coefficient (Wildman–Crippen LogP) is 7.05. The maximum Gasteiger partial charge on any atom is 0.165 e. The van der Waals surface area contributed by atoms with E-state index in [0.29, 0.717) is 6.54 Å². The average molecular weight is 620 g/mol. The van der Waals surface area contributed by atoms with E-state index >= 15 is 0 Å². The van der Waals surface area contributed by atoms with Crippen LogP contribution in [0.4, 0.5) is 0 Å². The van der Waals surface area contributed by atoms with E-state index in [2.05, 4.69) is 45.9 Å². The Bertz CT molecular complexity index is 1870. The largest absolute Gasteiger partial charge is 0.386 e. The van der Waals surface area contributed by atoms with Crippen molar-refractivity contribution in [3.8, 4) is 16.9 Å². The molecule has 2 aromatic carbocycles. The summed E-state index contributed by atoms with van der Waals surface area (Å²) in [5.41, 5.74) is 8.61. The van der Waals surface area contributed by atoms with E-state index in [-0.39, 0.29) is 11.3 Å². The van der Waals surface area contributed by atoms with Gasteiger partial charge in [0, 0.05) is 44.9 Å². The van der Waals surface area contributed by atoms with E-state index in [1.807, 2.05) is 58.0 Å². The van der Waals surface area contributed by atoms with E-state index < -0.39 is 17.3 Å². The summed E-state index contributed by atoms with van der Waals surface area (Å²) in [4.78, 5) is 5.21. The second-order valence-electron chi connectivity index (χ2n) is 14.3. The van der Waals surface area contributed by atoms with Crippen LogP contribution in [0.25, 0.3) is 27.8 Å². The van der Waals surface area contributed by atoms with Gasteiger partial charge >= 0.3 is 0 Å².